The summed E-state index contributed by atoms with van der Waals surface area (Å²) >= 11 is 0. The molecule has 0 aliphatic heterocycles. The van der Waals surface area contributed by atoms with Crippen molar-refractivity contribution < 1.29 is 19.1 Å². The van der Waals surface area contributed by atoms with Crippen LogP contribution in [-0.4, -0.2) is 42.5 Å². The molecule has 0 saturated heterocycles. The minimum Gasteiger partial charge on any atom is -0.475 e. The molecule has 0 fully saturated rings. The Morgan fingerprint density at radius 1 is 1.44 bits per heavy atom. The third-order valence-corrected chi connectivity index (χ3v) is 1.95. The molecule has 88 valence electrons. The summed E-state index contributed by atoms with van der Waals surface area (Å²) in [5, 5.41) is 11.4. The predicted octanol–water partition coefficient (Wildman–Crippen LogP) is 0.868. The number of furan rings is 1. The molecule has 1 aromatic rings. The van der Waals surface area contributed by atoms with Crippen LogP contribution in [0.3, 0.4) is 0 Å². The molecule has 6 heteroatoms. The lowest BCUT2D eigenvalue weighted by atomic mass is 10.4. The van der Waals surface area contributed by atoms with E-state index in [0.29, 0.717) is 18.8 Å². The van der Waals surface area contributed by atoms with E-state index in [4.69, 9.17) is 9.52 Å². The van der Waals surface area contributed by atoms with Crippen LogP contribution in [-0.2, 0) is 4.79 Å². The van der Waals surface area contributed by atoms with E-state index in [9.17, 15) is 9.59 Å². The second-order valence-corrected chi connectivity index (χ2v) is 3.43. The van der Waals surface area contributed by atoms with Gasteiger partial charge in [-0.2, -0.15) is 0 Å². The first kappa shape index (κ1) is 12.1. The van der Waals surface area contributed by atoms with Gasteiger partial charge >= 0.3 is 5.97 Å². The normalized spacial score (nSPS) is 9.88. The van der Waals surface area contributed by atoms with Crippen molar-refractivity contribution in [1.29, 1.82) is 0 Å². The molecule has 0 bridgehead atoms. The summed E-state index contributed by atoms with van der Waals surface area (Å²) in [6.45, 7) is 0.406. The number of carboxylic acids is 1. The van der Waals surface area contributed by atoms with E-state index in [-0.39, 0.29) is 11.7 Å². The molecule has 0 spiro atoms. The number of anilines is 1. The van der Waals surface area contributed by atoms with Gasteiger partial charge in [-0.3, -0.25) is 4.79 Å². The van der Waals surface area contributed by atoms with Crippen LogP contribution in [0, 0.1) is 0 Å². The fraction of sp³-hybridized carbons (Fsp3) is 0.400. The number of carboxylic acid groups (broad SMARTS) is 1. The third kappa shape index (κ3) is 3.30. The standard InChI is InChI=1S/C10H14N2O4/c1-12(2)9(13)5-6-11-8-4-3-7(16-8)10(14)15/h3-4,11H,5-6H2,1-2H3,(H,14,15). The minimum absolute atomic E-state index is 0.00230. The number of nitrogens with one attached hydrogen (secondary N) is 1. The maximum absolute atomic E-state index is 11.2. The first-order valence-electron chi connectivity index (χ1n) is 4.78. The zero-order valence-electron chi connectivity index (χ0n) is 9.19. The van der Waals surface area contributed by atoms with E-state index in [1.807, 2.05) is 0 Å². The van der Waals surface area contributed by atoms with Crippen LogP contribution in [0.5, 0.6) is 0 Å². The maximum atomic E-state index is 11.2. The molecule has 0 saturated carbocycles. The number of hydrogen-bond donors (Lipinski definition) is 2. The minimum atomic E-state index is -1.11. The lowest BCUT2D eigenvalue weighted by Gasteiger charge is -2.09. The molecule has 1 rings (SSSR count). The summed E-state index contributed by atoms with van der Waals surface area (Å²) in [5.41, 5.74) is 0. The Labute approximate surface area is 92.8 Å². The van der Waals surface area contributed by atoms with Crippen LogP contribution in [0.1, 0.15) is 17.0 Å². The Morgan fingerprint density at radius 2 is 2.12 bits per heavy atom. The van der Waals surface area contributed by atoms with Crippen LogP contribution in [0.25, 0.3) is 0 Å². The van der Waals surface area contributed by atoms with E-state index in [0.717, 1.165) is 0 Å². The first-order valence-corrected chi connectivity index (χ1v) is 4.78. The van der Waals surface area contributed by atoms with Gasteiger partial charge < -0.3 is 19.7 Å². The highest BCUT2D eigenvalue weighted by molar-refractivity contribution is 5.84. The molecule has 6 nitrogen and oxygen atoms in total. The van der Waals surface area contributed by atoms with E-state index in [1.54, 1.807) is 14.1 Å². The van der Waals surface area contributed by atoms with Crippen molar-refractivity contribution in [1.82, 2.24) is 4.90 Å². The molecule has 0 unspecified atom stereocenters. The Balaban J connectivity index is 2.37. The van der Waals surface area contributed by atoms with E-state index in [1.165, 1.54) is 17.0 Å². The molecule has 1 heterocycles. The molecule has 2 N–H and O–H groups in total. The molecule has 0 aliphatic rings. The predicted molar refractivity (Wildman–Crippen MR) is 57.5 cm³/mol. The summed E-state index contributed by atoms with van der Waals surface area (Å²) in [4.78, 5) is 23.2. The third-order valence-electron chi connectivity index (χ3n) is 1.95. The highest BCUT2D eigenvalue weighted by Crippen LogP contribution is 2.12. The second kappa shape index (κ2) is 5.20. The lowest BCUT2D eigenvalue weighted by Crippen LogP contribution is -2.23. The fourth-order valence-corrected chi connectivity index (χ4v) is 1.06. The molecular formula is C10H14N2O4. The van der Waals surface area contributed by atoms with E-state index in [2.05, 4.69) is 5.32 Å². The average Bonchev–Trinajstić information content (AvgIpc) is 2.66. The molecular weight excluding hydrogens is 212 g/mol. The van der Waals surface area contributed by atoms with Crippen LogP contribution >= 0.6 is 0 Å². The Bertz CT molecular complexity index is 384. The number of carbonyl (C=O) groups is 2. The van der Waals surface area contributed by atoms with Crippen molar-refractivity contribution in [2.45, 2.75) is 6.42 Å². The van der Waals surface area contributed by atoms with Crippen LogP contribution in [0.15, 0.2) is 16.5 Å². The zero-order chi connectivity index (χ0) is 12.1. The first-order chi connectivity index (χ1) is 7.50. The van der Waals surface area contributed by atoms with Gasteiger partial charge in [-0.25, -0.2) is 4.79 Å². The Kier molecular flexibility index (Phi) is 3.93. The number of aromatic carboxylic acids is 1. The van der Waals surface area contributed by atoms with Gasteiger partial charge in [0.05, 0.1) is 0 Å². The summed E-state index contributed by atoms with van der Waals surface area (Å²) in [5.74, 6) is -0.889. The number of hydrogen-bond acceptors (Lipinski definition) is 4. The fourth-order valence-electron chi connectivity index (χ4n) is 1.06. The van der Waals surface area contributed by atoms with E-state index >= 15 is 0 Å². The molecule has 1 amide bonds. The summed E-state index contributed by atoms with van der Waals surface area (Å²) in [6.07, 6.45) is 0.329. The monoisotopic (exact) mass is 226 g/mol. The smallest absolute Gasteiger partial charge is 0.371 e. The highest BCUT2D eigenvalue weighted by Gasteiger charge is 2.09. The second-order valence-electron chi connectivity index (χ2n) is 3.43. The van der Waals surface area contributed by atoms with Gasteiger partial charge in [0.15, 0.2) is 5.88 Å². The van der Waals surface area contributed by atoms with Gasteiger partial charge in [0.25, 0.3) is 0 Å². The van der Waals surface area contributed by atoms with Crippen molar-refractivity contribution in [2.75, 3.05) is 26.0 Å². The quantitative estimate of drug-likeness (QED) is 0.778. The zero-order valence-corrected chi connectivity index (χ0v) is 9.19. The molecule has 1 aromatic heterocycles. The molecule has 0 radical (unpaired) electrons. The van der Waals surface area contributed by atoms with Crippen molar-refractivity contribution in [2.24, 2.45) is 0 Å². The van der Waals surface area contributed by atoms with Crippen LogP contribution < -0.4 is 5.32 Å². The summed E-state index contributed by atoms with van der Waals surface area (Å²) < 4.78 is 4.95. The molecule has 16 heavy (non-hydrogen) atoms. The van der Waals surface area contributed by atoms with Crippen LogP contribution in [0.4, 0.5) is 5.88 Å². The highest BCUT2D eigenvalue weighted by atomic mass is 16.4. The maximum Gasteiger partial charge on any atom is 0.371 e. The Hall–Kier alpha value is -1.98. The Morgan fingerprint density at radius 3 is 2.62 bits per heavy atom. The van der Waals surface area contributed by atoms with Crippen molar-refractivity contribution in [3.05, 3.63) is 17.9 Å². The van der Waals surface area contributed by atoms with Crippen molar-refractivity contribution in [3.8, 4) is 0 Å². The van der Waals surface area contributed by atoms with Gasteiger partial charge in [0.1, 0.15) is 0 Å². The molecule has 0 atom stereocenters. The van der Waals surface area contributed by atoms with Gasteiger partial charge in [0.2, 0.25) is 11.7 Å². The van der Waals surface area contributed by atoms with Gasteiger partial charge in [-0.15, -0.1) is 0 Å². The van der Waals surface area contributed by atoms with Gasteiger partial charge in [-0.1, -0.05) is 0 Å². The van der Waals surface area contributed by atoms with Gasteiger partial charge in [0, 0.05) is 33.1 Å². The van der Waals surface area contributed by atoms with Crippen molar-refractivity contribution >= 4 is 17.8 Å². The van der Waals surface area contributed by atoms with Crippen LogP contribution in [0.2, 0.25) is 0 Å². The lowest BCUT2D eigenvalue weighted by molar-refractivity contribution is -0.128. The SMILES string of the molecule is CN(C)C(=O)CCNc1ccc(C(=O)O)o1. The topological polar surface area (TPSA) is 82.8 Å². The number of nitrogens with zero attached hydrogens (tertiary/aromatic N) is 1. The number of carbonyl (C=O) groups excluding carboxylic acids is 1. The summed E-state index contributed by atoms with van der Waals surface area (Å²) in [6, 6.07) is 2.88. The van der Waals surface area contributed by atoms with Gasteiger partial charge in [-0.05, 0) is 6.07 Å². The number of rotatable bonds is 5. The summed E-state index contributed by atoms with van der Waals surface area (Å²) in [7, 11) is 3.36. The molecule has 0 aliphatic carbocycles. The average molecular weight is 226 g/mol. The van der Waals surface area contributed by atoms with E-state index < -0.39 is 5.97 Å². The molecule has 0 aromatic carbocycles. The van der Waals surface area contributed by atoms with Crippen molar-refractivity contribution in [3.63, 3.8) is 0 Å². The number of amides is 1. The largest absolute Gasteiger partial charge is 0.475 e.